The molecule has 21 heavy (non-hydrogen) atoms. The van der Waals surface area contributed by atoms with E-state index < -0.39 is 0 Å². The Morgan fingerprint density at radius 1 is 1.10 bits per heavy atom. The van der Waals surface area contributed by atoms with Gasteiger partial charge in [-0.15, -0.1) is 0 Å². The van der Waals surface area contributed by atoms with Gasteiger partial charge in [0.05, 0.1) is 24.1 Å². The highest BCUT2D eigenvalue weighted by Gasteiger charge is 2.31. The van der Waals surface area contributed by atoms with Gasteiger partial charge in [0.2, 0.25) is 0 Å². The van der Waals surface area contributed by atoms with Crippen molar-refractivity contribution in [1.29, 1.82) is 0 Å². The summed E-state index contributed by atoms with van der Waals surface area (Å²) >= 11 is 0. The maximum Gasteiger partial charge on any atom is 0.260 e. The third-order valence-corrected chi connectivity index (χ3v) is 3.72. The van der Waals surface area contributed by atoms with Crippen molar-refractivity contribution in [3.8, 4) is 5.75 Å². The number of nitrogens with two attached hydrogens (primary N) is 1. The predicted molar refractivity (Wildman–Crippen MR) is 83.8 cm³/mol. The molecule has 0 unspecified atom stereocenters. The standard InChI is InChI=1S/C17H16N2O2/c1-19-14-6-4-3-5-13(14)15(17(19)20)16(18)11-7-9-12(21-2)10-8-11/h3-10H,18H2,1-2H3/b16-15+. The zero-order chi connectivity index (χ0) is 15.0. The second-order valence-corrected chi connectivity index (χ2v) is 4.90. The maximum absolute atomic E-state index is 12.5. The van der Waals surface area contributed by atoms with E-state index in [-0.39, 0.29) is 5.91 Å². The van der Waals surface area contributed by atoms with Crippen LogP contribution in [0.3, 0.4) is 0 Å². The Balaban J connectivity index is 2.14. The van der Waals surface area contributed by atoms with Crippen LogP contribution in [0.15, 0.2) is 48.5 Å². The molecule has 3 rings (SSSR count). The Morgan fingerprint density at radius 2 is 1.76 bits per heavy atom. The van der Waals surface area contributed by atoms with Gasteiger partial charge in [-0.05, 0) is 35.9 Å². The van der Waals surface area contributed by atoms with Crippen LogP contribution in [-0.2, 0) is 4.79 Å². The van der Waals surface area contributed by atoms with Crippen molar-refractivity contribution in [2.24, 2.45) is 5.73 Å². The van der Waals surface area contributed by atoms with Gasteiger partial charge in [-0.25, -0.2) is 0 Å². The Labute approximate surface area is 123 Å². The first-order valence-electron chi connectivity index (χ1n) is 6.65. The number of nitrogens with zero attached hydrogens (tertiary/aromatic N) is 1. The number of hydrogen-bond acceptors (Lipinski definition) is 3. The van der Waals surface area contributed by atoms with Gasteiger partial charge in [-0.3, -0.25) is 4.79 Å². The smallest absolute Gasteiger partial charge is 0.260 e. The number of likely N-dealkylation sites (N-methyl/N-ethyl adjacent to an activating group) is 1. The number of amides is 1. The van der Waals surface area contributed by atoms with Crippen LogP contribution in [0.1, 0.15) is 11.1 Å². The first kappa shape index (κ1) is 13.2. The lowest BCUT2D eigenvalue weighted by Crippen LogP contribution is -2.21. The summed E-state index contributed by atoms with van der Waals surface area (Å²) in [6, 6.07) is 15.0. The minimum atomic E-state index is -0.0791. The first-order chi connectivity index (χ1) is 10.1. The minimum Gasteiger partial charge on any atom is -0.497 e. The minimum absolute atomic E-state index is 0.0791. The van der Waals surface area contributed by atoms with Gasteiger partial charge in [-0.2, -0.15) is 0 Å². The van der Waals surface area contributed by atoms with Crippen molar-refractivity contribution in [3.63, 3.8) is 0 Å². The second kappa shape index (κ2) is 4.98. The van der Waals surface area contributed by atoms with Crippen LogP contribution < -0.4 is 15.4 Å². The number of hydrogen-bond donors (Lipinski definition) is 1. The Bertz CT molecular complexity index is 733. The molecule has 0 saturated heterocycles. The lowest BCUT2D eigenvalue weighted by molar-refractivity contribution is -0.112. The summed E-state index contributed by atoms with van der Waals surface area (Å²) in [5.41, 5.74) is 9.86. The number of anilines is 1. The van der Waals surface area contributed by atoms with Crippen LogP contribution in [0.5, 0.6) is 5.75 Å². The monoisotopic (exact) mass is 280 g/mol. The number of fused-ring (bicyclic) bond motifs is 1. The third kappa shape index (κ3) is 2.05. The molecule has 0 radical (unpaired) electrons. The molecule has 1 amide bonds. The van der Waals surface area contributed by atoms with E-state index in [1.165, 1.54) is 0 Å². The fourth-order valence-corrected chi connectivity index (χ4v) is 2.55. The zero-order valence-corrected chi connectivity index (χ0v) is 12.0. The number of para-hydroxylation sites is 1. The SMILES string of the molecule is COc1ccc(/C(N)=C2\C(=O)N(C)c3ccccc32)cc1. The Hall–Kier alpha value is -2.75. The first-order valence-corrected chi connectivity index (χ1v) is 6.65. The number of carbonyl (C=O) groups excluding carboxylic acids is 1. The van der Waals surface area contributed by atoms with Gasteiger partial charge >= 0.3 is 0 Å². The lowest BCUT2D eigenvalue weighted by atomic mass is 10.0. The van der Waals surface area contributed by atoms with Gasteiger partial charge < -0.3 is 15.4 Å². The summed E-state index contributed by atoms with van der Waals surface area (Å²) in [6.07, 6.45) is 0. The van der Waals surface area contributed by atoms with Gasteiger partial charge in [0.25, 0.3) is 5.91 Å². The normalized spacial score (nSPS) is 15.9. The number of rotatable bonds is 2. The Morgan fingerprint density at radius 3 is 2.43 bits per heavy atom. The van der Waals surface area contributed by atoms with Crippen LogP contribution in [0, 0.1) is 0 Å². The molecule has 0 bridgehead atoms. The van der Waals surface area contributed by atoms with Gasteiger partial charge in [0.15, 0.2) is 0 Å². The lowest BCUT2D eigenvalue weighted by Gasteiger charge is -2.09. The van der Waals surface area contributed by atoms with E-state index in [0.29, 0.717) is 11.3 Å². The molecule has 1 heterocycles. The van der Waals surface area contributed by atoms with Crippen LogP contribution >= 0.6 is 0 Å². The van der Waals surface area contributed by atoms with Gasteiger partial charge in [-0.1, -0.05) is 18.2 Å². The van der Waals surface area contributed by atoms with E-state index in [4.69, 9.17) is 10.5 Å². The summed E-state index contributed by atoms with van der Waals surface area (Å²) in [6.45, 7) is 0. The summed E-state index contributed by atoms with van der Waals surface area (Å²) in [5.74, 6) is 0.677. The van der Waals surface area contributed by atoms with Crippen molar-refractivity contribution in [2.45, 2.75) is 0 Å². The molecule has 0 atom stereocenters. The van der Waals surface area contributed by atoms with Crippen molar-refractivity contribution in [3.05, 3.63) is 59.7 Å². The van der Waals surface area contributed by atoms with E-state index in [2.05, 4.69) is 0 Å². The molecule has 4 nitrogen and oxygen atoms in total. The second-order valence-electron chi connectivity index (χ2n) is 4.90. The molecule has 4 heteroatoms. The highest BCUT2D eigenvalue weighted by molar-refractivity contribution is 6.37. The average molecular weight is 280 g/mol. The molecule has 0 fully saturated rings. The largest absolute Gasteiger partial charge is 0.497 e. The molecule has 2 aromatic carbocycles. The van der Waals surface area contributed by atoms with Crippen molar-refractivity contribution < 1.29 is 9.53 Å². The summed E-state index contributed by atoms with van der Waals surface area (Å²) in [4.78, 5) is 14.1. The summed E-state index contributed by atoms with van der Waals surface area (Å²) < 4.78 is 5.14. The molecule has 2 N–H and O–H groups in total. The fraction of sp³-hybridized carbons (Fsp3) is 0.118. The summed E-state index contributed by atoms with van der Waals surface area (Å²) in [7, 11) is 3.37. The third-order valence-electron chi connectivity index (χ3n) is 3.72. The quantitative estimate of drug-likeness (QED) is 0.860. The maximum atomic E-state index is 12.5. The van der Waals surface area contributed by atoms with Crippen LogP contribution in [0.2, 0.25) is 0 Å². The summed E-state index contributed by atoms with van der Waals surface area (Å²) in [5, 5.41) is 0. The van der Waals surface area contributed by atoms with Crippen LogP contribution in [-0.4, -0.2) is 20.1 Å². The van der Waals surface area contributed by atoms with E-state index in [1.807, 2.05) is 48.5 Å². The number of carbonyl (C=O) groups is 1. The average Bonchev–Trinajstić information content (AvgIpc) is 2.79. The Kier molecular flexibility index (Phi) is 3.14. The van der Waals surface area contributed by atoms with Crippen molar-refractivity contribution >= 4 is 22.9 Å². The molecular formula is C17H16N2O2. The molecule has 0 aromatic heterocycles. The molecule has 1 aliphatic heterocycles. The molecule has 1 aliphatic rings. The van der Waals surface area contributed by atoms with Crippen LogP contribution in [0.4, 0.5) is 5.69 Å². The predicted octanol–water partition coefficient (Wildman–Crippen LogP) is 2.50. The number of benzene rings is 2. The molecule has 106 valence electrons. The van der Waals surface area contributed by atoms with E-state index in [0.717, 1.165) is 22.6 Å². The highest BCUT2D eigenvalue weighted by atomic mass is 16.5. The molecule has 0 spiro atoms. The van der Waals surface area contributed by atoms with E-state index in [9.17, 15) is 4.79 Å². The van der Waals surface area contributed by atoms with Crippen LogP contribution in [0.25, 0.3) is 11.3 Å². The van der Waals surface area contributed by atoms with Crippen molar-refractivity contribution in [1.82, 2.24) is 0 Å². The number of methoxy groups -OCH3 is 1. The molecular weight excluding hydrogens is 264 g/mol. The van der Waals surface area contributed by atoms with E-state index in [1.54, 1.807) is 19.1 Å². The van der Waals surface area contributed by atoms with Gasteiger partial charge in [0, 0.05) is 12.6 Å². The topological polar surface area (TPSA) is 55.6 Å². The molecule has 2 aromatic rings. The van der Waals surface area contributed by atoms with Crippen molar-refractivity contribution in [2.75, 3.05) is 19.1 Å². The number of ether oxygens (including phenoxy) is 1. The highest BCUT2D eigenvalue weighted by Crippen LogP contribution is 2.38. The molecule has 0 aliphatic carbocycles. The molecule has 0 saturated carbocycles. The fourth-order valence-electron chi connectivity index (χ4n) is 2.55. The van der Waals surface area contributed by atoms with Gasteiger partial charge in [0.1, 0.15) is 5.75 Å². The zero-order valence-electron chi connectivity index (χ0n) is 12.0. The van der Waals surface area contributed by atoms with E-state index >= 15 is 0 Å².